The van der Waals surface area contributed by atoms with Gasteiger partial charge in [-0.25, -0.2) is 9.97 Å². The smallest absolute Gasteiger partial charge is 0.275 e. The molecule has 0 aromatic carbocycles. The topological polar surface area (TPSA) is 52.4 Å². The number of aromatic nitrogens is 5. The van der Waals surface area contributed by atoms with Crippen molar-refractivity contribution < 1.29 is 0 Å². The Kier molecular flexibility index (Phi) is 1.92. The summed E-state index contributed by atoms with van der Waals surface area (Å²) in [5, 5.41) is 4.39. The number of hydrogen-bond donors (Lipinski definition) is 0. The molecule has 0 saturated heterocycles. The van der Waals surface area contributed by atoms with Gasteiger partial charge in [-0.1, -0.05) is 11.7 Å². The van der Waals surface area contributed by atoms with Crippen molar-refractivity contribution in [1.82, 2.24) is 24.1 Å². The summed E-state index contributed by atoms with van der Waals surface area (Å²) in [4.78, 5) is 11.5. The number of aryl methyl sites for hydroxylation is 1. The van der Waals surface area contributed by atoms with E-state index in [9.17, 15) is 0 Å². The summed E-state index contributed by atoms with van der Waals surface area (Å²) in [6.45, 7) is 7.04. The first kappa shape index (κ1) is 9.54. The van der Waals surface area contributed by atoms with E-state index < -0.39 is 0 Å². The Bertz CT molecular complexity index is 730. The van der Waals surface area contributed by atoms with E-state index in [1.165, 1.54) is 10.7 Å². The lowest BCUT2D eigenvalue weighted by atomic mass is 10.3. The molecule has 3 aromatic rings. The summed E-state index contributed by atoms with van der Waals surface area (Å²) < 4.78 is 3.41. The van der Waals surface area contributed by atoms with Crippen molar-refractivity contribution in [1.29, 1.82) is 0 Å². The highest BCUT2D eigenvalue weighted by atomic mass is 15.3. The van der Waals surface area contributed by atoms with E-state index >= 15 is 0 Å². The average molecular weight is 224 g/mol. The van der Waals surface area contributed by atoms with Crippen molar-refractivity contribution in [3.63, 3.8) is 0 Å². The summed E-state index contributed by atoms with van der Waals surface area (Å²) in [6, 6.07) is 3.71. The number of rotatable bonds is 1. The van der Waals surface area contributed by atoms with Crippen LogP contribution in [0.25, 0.3) is 21.9 Å². The van der Waals surface area contributed by atoms with Crippen LogP contribution in [0.4, 0.5) is 5.82 Å². The Morgan fingerprint density at radius 1 is 1.29 bits per heavy atom. The molecule has 3 aromatic heterocycles. The van der Waals surface area contributed by atoms with Gasteiger partial charge in [-0.15, -0.1) is 4.52 Å². The maximum absolute atomic E-state index is 7.04. The number of hydrogen-bond acceptors (Lipinski definition) is 3. The van der Waals surface area contributed by atoms with E-state index in [1.807, 2.05) is 23.7 Å². The highest BCUT2D eigenvalue weighted by molar-refractivity contribution is 5.58. The van der Waals surface area contributed by atoms with Crippen molar-refractivity contribution in [2.45, 2.75) is 0 Å². The molecule has 0 bridgehead atoms. The van der Waals surface area contributed by atoms with E-state index in [1.54, 1.807) is 12.5 Å². The van der Waals surface area contributed by atoms with Crippen LogP contribution in [0.2, 0.25) is 0 Å². The summed E-state index contributed by atoms with van der Waals surface area (Å²) in [6.07, 6.45) is 4.97. The molecule has 0 aliphatic carbocycles. The molecule has 6 nitrogen and oxygen atoms in total. The minimum atomic E-state index is 0.406. The molecule has 0 N–H and O–H groups in total. The van der Waals surface area contributed by atoms with Gasteiger partial charge < -0.3 is 9.41 Å². The van der Waals surface area contributed by atoms with Gasteiger partial charge in [0.1, 0.15) is 5.69 Å². The summed E-state index contributed by atoms with van der Waals surface area (Å²) in [5.74, 6) is 0.406. The molecule has 0 aliphatic heterocycles. The largest absolute Gasteiger partial charge is 0.360 e. The minimum Gasteiger partial charge on any atom is -0.360 e. The second-order valence-electron chi connectivity index (χ2n) is 3.61. The Labute approximate surface area is 97.0 Å². The third-order valence-electron chi connectivity index (χ3n) is 2.54. The molecule has 0 fully saturated rings. The second-order valence-corrected chi connectivity index (χ2v) is 3.61. The third kappa shape index (κ3) is 1.37. The normalized spacial score (nSPS) is 10.6. The SMILES string of the molecule is [C-]#[N+]c1cnc2ccc(-c3cncn3C)nn12. The van der Waals surface area contributed by atoms with Gasteiger partial charge in [-0.2, -0.15) is 0 Å². The molecule has 0 atom stereocenters. The molecule has 0 amide bonds. The van der Waals surface area contributed by atoms with E-state index in [4.69, 9.17) is 6.57 Å². The molecule has 0 saturated carbocycles. The van der Waals surface area contributed by atoms with Gasteiger partial charge in [0.15, 0.2) is 0 Å². The fourth-order valence-corrected chi connectivity index (χ4v) is 1.68. The van der Waals surface area contributed by atoms with Crippen molar-refractivity contribution in [2.75, 3.05) is 0 Å². The van der Waals surface area contributed by atoms with Gasteiger partial charge in [0.25, 0.3) is 5.82 Å². The van der Waals surface area contributed by atoms with Crippen molar-refractivity contribution in [3.8, 4) is 11.4 Å². The summed E-state index contributed by atoms with van der Waals surface area (Å²) >= 11 is 0. The van der Waals surface area contributed by atoms with E-state index in [2.05, 4.69) is 19.9 Å². The van der Waals surface area contributed by atoms with Crippen LogP contribution in [-0.4, -0.2) is 24.1 Å². The van der Waals surface area contributed by atoms with Crippen LogP contribution >= 0.6 is 0 Å². The van der Waals surface area contributed by atoms with Crippen molar-refractivity contribution in [2.24, 2.45) is 7.05 Å². The van der Waals surface area contributed by atoms with Crippen molar-refractivity contribution in [3.05, 3.63) is 42.3 Å². The lowest BCUT2D eigenvalue weighted by molar-refractivity contribution is 0.893. The molecular formula is C11H8N6. The van der Waals surface area contributed by atoms with Crippen LogP contribution < -0.4 is 0 Å². The maximum atomic E-state index is 7.04. The molecule has 0 unspecified atom stereocenters. The molecule has 6 heteroatoms. The van der Waals surface area contributed by atoms with E-state index in [0.29, 0.717) is 11.5 Å². The highest BCUT2D eigenvalue weighted by Gasteiger charge is 2.10. The van der Waals surface area contributed by atoms with Gasteiger partial charge in [0.05, 0.1) is 24.4 Å². The van der Waals surface area contributed by atoms with Gasteiger partial charge in [-0.05, 0) is 6.07 Å². The number of fused-ring (bicyclic) bond motifs is 1. The average Bonchev–Trinajstić information content (AvgIpc) is 2.93. The standard InChI is InChI=1S/C11H8N6/c1-12-11-6-14-10-4-3-8(15-17(10)11)9-5-13-7-16(9)2/h3-7H,2H3. The summed E-state index contributed by atoms with van der Waals surface area (Å²) in [5.41, 5.74) is 2.33. The van der Waals surface area contributed by atoms with Crippen LogP contribution in [-0.2, 0) is 7.05 Å². The molecular weight excluding hydrogens is 216 g/mol. The van der Waals surface area contributed by atoms with Gasteiger partial charge in [-0.3, -0.25) is 0 Å². The van der Waals surface area contributed by atoms with Crippen LogP contribution in [0.15, 0.2) is 30.9 Å². The highest BCUT2D eigenvalue weighted by Crippen LogP contribution is 2.19. The molecule has 17 heavy (non-hydrogen) atoms. The molecule has 0 radical (unpaired) electrons. The van der Waals surface area contributed by atoms with Gasteiger partial charge in [0, 0.05) is 13.1 Å². The zero-order chi connectivity index (χ0) is 11.8. The fraction of sp³-hybridized carbons (Fsp3) is 0.0909. The zero-order valence-electron chi connectivity index (χ0n) is 9.07. The first-order valence-electron chi connectivity index (χ1n) is 4.98. The molecule has 82 valence electrons. The lowest BCUT2D eigenvalue weighted by Crippen LogP contribution is -1.97. The Morgan fingerprint density at radius 3 is 2.88 bits per heavy atom. The predicted octanol–water partition coefficient (Wildman–Crippen LogP) is 1.68. The second kappa shape index (κ2) is 3.42. The monoisotopic (exact) mass is 224 g/mol. The Morgan fingerprint density at radius 2 is 2.18 bits per heavy atom. The Hall–Kier alpha value is -2.68. The zero-order valence-corrected chi connectivity index (χ0v) is 9.07. The van der Waals surface area contributed by atoms with Crippen LogP contribution in [0.1, 0.15) is 0 Å². The Balaban J connectivity index is 2.26. The van der Waals surface area contributed by atoms with E-state index in [-0.39, 0.29) is 0 Å². The first-order valence-corrected chi connectivity index (χ1v) is 4.98. The number of imidazole rings is 2. The minimum absolute atomic E-state index is 0.406. The quantitative estimate of drug-likeness (QED) is 0.591. The maximum Gasteiger partial charge on any atom is 0.275 e. The van der Waals surface area contributed by atoms with Gasteiger partial charge >= 0.3 is 0 Å². The molecule has 0 spiro atoms. The van der Waals surface area contributed by atoms with Crippen molar-refractivity contribution >= 4 is 11.5 Å². The van der Waals surface area contributed by atoms with Crippen LogP contribution in [0, 0.1) is 6.57 Å². The lowest BCUT2D eigenvalue weighted by Gasteiger charge is -2.00. The first-order chi connectivity index (χ1) is 8.29. The van der Waals surface area contributed by atoms with Crippen LogP contribution in [0.5, 0.6) is 0 Å². The summed E-state index contributed by atoms with van der Waals surface area (Å²) in [7, 11) is 1.90. The van der Waals surface area contributed by atoms with Crippen LogP contribution in [0.3, 0.4) is 0 Å². The number of nitrogens with zero attached hydrogens (tertiary/aromatic N) is 6. The third-order valence-corrected chi connectivity index (χ3v) is 2.54. The fourth-order valence-electron chi connectivity index (χ4n) is 1.68. The van der Waals surface area contributed by atoms with E-state index in [0.717, 1.165) is 11.4 Å². The molecule has 3 rings (SSSR count). The predicted molar refractivity (Wildman–Crippen MR) is 61.5 cm³/mol. The molecule has 3 heterocycles. The van der Waals surface area contributed by atoms with Gasteiger partial charge in [0.2, 0.25) is 5.65 Å². The molecule has 0 aliphatic rings.